The standard InChI is InChI=1S/C24H20Cl2N2O3.C24H21FN2O3/c1-28-19-10-8-14(23-20(30-2)5-4-6-21(23)31-3)11-16(19)24(27-13-22(28)29)15-7-9-17(25)18(26)12-15;1-27-19-12-9-16(23-20(29-2)5-4-6-21(23)30-3)13-18(19)24(26-14-22(27)28)15-7-10-17(25)11-8-15/h4-12H,13H2,1-3H3;4-13H,14H2,1-3H3. The molecular formula is C48H41Cl2FN4O6. The maximum absolute atomic E-state index is 13.5. The number of ether oxygens (including phenoxy) is 4. The molecule has 310 valence electrons. The number of carbonyl (C=O) groups excluding carboxylic acids is 2. The number of anilines is 2. The van der Waals surface area contributed by atoms with Crippen molar-refractivity contribution in [2.45, 2.75) is 0 Å². The Morgan fingerprint density at radius 2 is 0.902 bits per heavy atom. The topological polar surface area (TPSA) is 102 Å². The van der Waals surface area contributed by atoms with Gasteiger partial charge in [0.25, 0.3) is 0 Å². The minimum atomic E-state index is -0.325. The Kier molecular flexibility index (Phi) is 12.7. The Bertz CT molecular complexity index is 2680. The van der Waals surface area contributed by atoms with Gasteiger partial charge < -0.3 is 28.7 Å². The number of nitrogens with zero attached hydrogens (tertiary/aromatic N) is 4. The zero-order valence-corrected chi connectivity index (χ0v) is 35.8. The number of carbonyl (C=O) groups is 2. The van der Waals surface area contributed by atoms with Crippen LogP contribution in [0.4, 0.5) is 15.8 Å². The summed E-state index contributed by atoms with van der Waals surface area (Å²) in [6, 6.07) is 34.3. The van der Waals surface area contributed by atoms with Gasteiger partial charge in [0.2, 0.25) is 11.8 Å². The third-order valence-corrected chi connectivity index (χ3v) is 11.2. The SMILES string of the molecule is COc1cccc(OC)c1-c1ccc2c(c1)C(c1ccc(Cl)c(Cl)c1)=NCC(=O)N2C.COc1cccc(OC)c1-c1ccc2c(c1)C(c1ccc(F)cc1)=NCC(=O)N2C. The molecule has 0 saturated heterocycles. The van der Waals surface area contributed by atoms with E-state index in [0.717, 1.165) is 55.9 Å². The lowest BCUT2D eigenvalue weighted by molar-refractivity contribution is -0.117. The molecule has 0 unspecified atom stereocenters. The Morgan fingerprint density at radius 3 is 1.31 bits per heavy atom. The van der Waals surface area contributed by atoms with E-state index in [1.807, 2.05) is 78.9 Å². The van der Waals surface area contributed by atoms with E-state index in [2.05, 4.69) is 9.98 Å². The third-order valence-electron chi connectivity index (χ3n) is 10.5. The van der Waals surface area contributed by atoms with E-state index < -0.39 is 0 Å². The number of aliphatic imine (C=N–C) groups is 2. The molecule has 6 aromatic carbocycles. The number of methoxy groups -OCH3 is 4. The summed E-state index contributed by atoms with van der Waals surface area (Å²) in [7, 11) is 9.94. The van der Waals surface area contributed by atoms with Crippen LogP contribution in [0.5, 0.6) is 23.0 Å². The largest absolute Gasteiger partial charge is 0.496 e. The highest BCUT2D eigenvalue weighted by Gasteiger charge is 2.26. The van der Waals surface area contributed by atoms with Gasteiger partial charge >= 0.3 is 0 Å². The van der Waals surface area contributed by atoms with Crippen LogP contribution in [-0.2, 0) is 9.59 Å². The van der Waals surface area contributed by atoms with Crippen LogP contribution >= 0.6 is 23.2 Å². The zero-order chi connectivity index (χ0) is 43.4. The van der Waals surface area contributed by atoms with Crippen molar-refractivity contribution in [1.82, 2.24) is 0 Å². The quantitative estimate of drug-likeness (QED) is 0.151. The summed E-state index contributed by atoms with van der Waals surface area (Å²) in [6.07, 6.45) is 0. The minimum Gasteiger partial charge on any atom is -0.496 e. The lowest BCUT2D eigenvalue weighted by Crippen LogP contribution is -2.27. The van der Waals surface area contributed by atoms with Crippen LogP contribution in [0.25, 0.3) is 22.3 Å². The fraction of sp³-hybridized carbons (Fsp3) is 0.167. The average Bonchev–Trinajstić information content (AvgIpc) is 3.49. The summed E-state index contributed by atoms with van der Waals surface area (Å²) in [5, 5.41) is 0.885. The van der Waals surface area contributed by atoms with Gasteiger partial charge in [-0.05, 0) is 96.1 Å². The first-order valence-corrected chi connectivity index (χ1v) is 19.8. The van der Waals surface area contributed by atoms with E-state index in [-0.39, 0.29) is 30.7 Å². The number of benzene rings is 6. The average molecular weight is 860 g/mol. The second-order valence-corrected chi connectivity index (χ2v) is 14.7. The van der Waals surface area contributed by atoms with E-state index in [1.165, 1.54) is 12.1 Å². The molecule has 0 N–H and O–H groups in total. The number of likely N-dealkylation sites (N-methyl/N-ethyl adjacent to an activating group) is 2. The van der Waals surface area contributed by atoms with Crippen molar-refractivity contribution < 1.29 is 32.9 Å². The van der Waals surface area contributed by atoms with Crippen molar-refractivity contribution >= 4 is 57.8 Å². The van der Waals surface area contributed by atoms with Gasteiger partial charge in [-0.15, -0.1) is 0 Å². The van der Waals surface area contributed by atoms with E-state index in [0.29, 0.717) is 44.5 Å². The highest BCUT2D eigenvalue weighted by Crippen LogP contribution is 2.42. The van der Waals surface area contributed by atoms with E-state index in [1.54, 1.807) is 76.6 Å². The molecule has 10 nitrogen and oxygen atoms in total. The fourth-order valence-electron chi connectivity index (χ4n) is 7.31. The molecule has 6 aromatic rings. The molecule has 0 fully saturated rings. The van der Waals surface area contributed by atoms with E-state index in [4.69, 9.17) is 42.1 Å². The maximum Gasteiger partial charge on any atom is 0.248 e. The molecule has 0 aliphatic carbocycles. The summed E-state index contributed by atoms with van der Waals surface area (Å²) in [4.78, 5) is 37.4. The van der Waals surface area contributed by atoms with Crippen molar-refractivity contribution in [2.75, 3.05) is 65.4 Å². The Balaban J connectivity index is 0.000000184. The van der Waals surface area contributed by atoms with Gasteiger partial charge in [-0.2, -0.15) is 0 Å². The number of hydrogen-bond acceptors (Lipinski definition) is 8. The number of rotatable bonds is 8. The van der Waals surface area contributed by atoms with Crippen LogP contribution in [0, 0.1) is 5.82 Å². The molecule has 2 amide bonds. The smallest absolute Gasteiger partial charge is 0.248 e. The molecule has 0 bridgehead atoms. The number of hydrogen-bond donors (Lipinski definition) is 0. The molecule has 0 spiro atoms. The monoisotopic (exact) mass is 858 g/mol. The normalized spacial score (nSPS) is 13.4. The number of halogens is 3. The molecule has 2 heterocycles. The fourth-order valence-corrected chi connectivity index (χ4v) is 7.61. The summed E-state index contributed by atoms with van der Waals surface area (Å²) >= 11 is 12.4. The van der Waals surface area contributed by atoms with Gasteiger partial charge in [-0.1, -0.05) is 53.5 Å². The highest BCUT2D eigenvalue weighted by molar-refractivity contribution is 6.42. The van der Waals surface area contributed by atoms with E-state index >= 15 is 0 Å². The maximum atomic E-state index is 13.5. The van der Waals surface area contributed by atoms with Crippen LogP contribution in [0.15, 0.2) is 125 Å². The number of amides is 2. The predicted molar refractivity (Wildman–Crippen MR) is 241 cm³/mol. The van der Waals surface area contributed by atoms with E-state index in [9.17, 15) is 14.0 Å². The Morgan fingerprint density at radius 1 is 0.508 bits per heavy atom. The Hall–Kier alpha value is -6.69. The molecule has 61 heavy (non-hydrogen) atoms. The first-order chi connectivity index (χ1) is 29.5. The summed E-state index contributed by atoms with van der Waals surface area (Å²) in [5.74, 6) is 2.18. The second kappa shape index (κ2) is 18.3. The van der Waals surface area contributed by atoms with Gasteiger partial charge in [-0.25, -0.2) is 4.39 Å². The summed E-state index contributed by atoms with van der Waals surface area (Å²) in [6.45, 7) is 0.0548. The lowest BCUT2D eigenvalue weighted by atomic mass is 9.94. The third kappa shape index (κ3) is 8.52. The van der Waals surface area contributed by atoms with Crippen LogP contribution in [0.1, 0.15) is 22.3 Å². The van der Waals surface area contributed by atoms with Gasteiger partial charge in [0, 0.05) is 36.3 Å². The minimum absolute atomic E-state index is 0.0190. The van der Waals surface area contributed by atoms with Gasteiger partial charge in [0.1, 0.15) is 41.9 Å². The first-order valence-electron chi connectivity index (χ1n) is 19.0. The molecule has 2 aliphatic rings. The van der Waals surface area contributed by atoms with Gasteiger partial charge in [0.15, 0.2) is 0 Å². The molecule has 13 heteroatoms. The molecule has 0 atom stereocenters. The molecule has 0 radical (unpaired) electrons. The van der Waals surface area contributed by atoms with Gasteiger partial charge in [0.05, 0.1) is 72.4 Å². The van der Waals surface area contributed by atoms with Crippen molar-refractivity contribution in [1.29, 1.82) is 0 Å². The van der Waals surface area contributed by atoms with Crippen LogP contribution in [0.3, 0.4) is 0 Å². The van der Waals surface area contributed by atoms with Crippen molar-refractivity contribution in [2.24, 2.45) is 9.98 Å². The summed E-state index contributed by atoms with van der Waals surface area (Å²) < 4.78 is 35.8. The van der Waals surface area contributed by atoms with Crippen molar-refractivity contribution in [3.05, 3.63) is 153 Å². The number of benzodiazepines with no additional fused rings is 2. The van der Waals surface area contributed by atoms with Crippen molar-refractivity contribution in [3.63, 3.8) is 0 Å². The van der Waals surface area contributed by atoms with Gasteiger partial charge in [-0.3, -0.25) is 19.6 Å². The lowest BCUT2D eigenvalue weighted by Gasteiger charge is -2.20. The molecule has 2 aliphatic heterocycles. The second-order valence-electron chi connectivity index (χ2n) is 13.9. The van der Waals surface area contributed by atoms with Crippen LogP contribution in [0.2, 0.25) is 10.0 Å². The molecule has 8 rings (SSSR count). The number of fused-ring (bicyclic) bond motifs is 2. The van der Waals surface area contributed by atoms with Crippen LogP contribution in [-0.4, -0.2) is 78.9 Å². The molecule has 0 saturated carbocycles. The molecular weight excluding hydrogens is 818 g/mol. The highest BCUT2D eigenvalue weighted by atomic mass is 35.5. The van der Waals surface area contributed by atoms with Crippen LogP contribution < -0.4 is 28.7 Å². The van der Waals surface area contributed by atoms with Crippen molar-refractivity contribution in [3.8, 4) is 45.3 Å². The Labute approximate surface area is 363 Å². The molecule has 0 aromatic heterocycles. The first kappa shape index (κ1) is 42.4. The zero-order valence-electron chi connectivity index (χ0n) is 34.3. The predicted octanol–water partition coefficient (Wildman–Crippen LogP) is 9.82. The summed E-state index contributed by atoms with van der Waals surface area (Å²) in [5.41, 5.74) is 9.27.